The number of likely N-dealkylation sites (tertiary alicyclic amines) is 1. The van der Waals surface area contributed by atoms with E-state index in [-0.39, 0.29) is 18.4 Å². The average Bonchev–Trinajstić information content (AvgIpc) is 3.45. The maximum Gasteiger partial charge on any atom is 0.244 e. The van der Waals surface area contributed by atoms with Crippen LogP contribution in [0.1, 0.15) is 23.9 Å². The minimum atomic E-state index is -0.838. The van der Waals surface area contributed by atoms with E-state index < -0.39 is 11.5 Å². The van der Waals surface area contributed by atoms with E-state index in [0.29, 0.717) is 18.8 Å². The van der Waals surface area contributed by atoms with Crippen molar-refractivity contribution in [2.75, 3.05) is 11.9 Å². The summed E-state index contributed by atoms with van der Waals surface area (Å²) in [6.45, 7) is 0.618. The maximum atomic E-state index is 13.3. The molecule has 8 heteroatoms. The Bertz CT molecular complexity index is 1060. The van der Waals surface area contributed by atoms with Gasteiger partial charge in [0.1, 0.15) is 23.8 Å². The van der Waals surface area contributed by atoms with Gasteiger partial charge in [-0.2, -0.15) is 5.10 Å². The molecule has 1 saturated heterocycles. The van der Waals surface area contributed by atoms with Gasteiger partial charge in [0.25, 0.3) is 0 Å². The van der Waals surface area contributed by atoms with E-state index in [9.17, 15) is 9.59 Å². The van der Waals surface area contributed by atoms with Gasteiger partial charge in [-0.25, -0.2) is 4.98 Å². The lowest BCUT2D eigenvalue weighted by Crippen LogP contribution is -2.44. The number of imidazole rings is 1. The highest BCUT2D eigenvalue weighted by Crippen LogP contribution is 2.54. The molecule has 28 heavy (non-hydrogen) atoms. The zero-order valence-electron chi connectivity index (χ0n) is 15.4. The molecule has 5 rings (SSSR count). The van der Waals surface area contributed by atoms with Crippen LogP contribution in [0, 0.1) is 0 Å². The van der Waals surface area contributed by atoms with E-state index in [4.69, 9.17) is 0 Å². The molecule has 3 aromatic rings. The van der Waals surface area contributed by atoms with Crippen molar-refractivity contribution in [3.8, 4) is 0 Å². The fraction of sp³-hybridized carbons (Fsp3) is 0.300. The summed E-state index contributed by atoms with van der Waals surface area (Å²) < 4.78 is 3.49. The Morgan fingerprint density at radius 3 is 2.86 bits per heavy atom. The number of hydrogen-bond donors (Lipinski definition) is 1. The number of carbonyl (C=O) groups excluding carboxylic acids is 2. The van der Waals surface area contributed by atoms with Gasteiger partial charge in [-0.1, -0.05) is 18.2 Å². The fourth-order valence-corrected chi connectivity index (χ4v) is 4.58. The Balaban J connectivity index is 1.62. The van der Waals surface area contributed by atoms with Crippen molar-refractivity contribution in [3.63, 3.8) is 0 Å². The summed E-state index contributed by atoms with van der Waals surface area (Å²) in [5, 5.41) is 7.16. The Kier molecular flexibility index (Phi) is 3.61. The Morgan fingerprint density at radius 1 is 1.25 bits per heavy atom. The monoisotopic (exact) mass is 376 g/mol. The Labute approximate surface area is 161 Å². The lowest BCUT2D eigenvalue weighted by molar-refractivity contribution is -0.134. The van der Waals surface area contributed by atoms with Crippen LogP contribution >= 0.6 is 0 Å². The molecule has 0 saturated carbocycles. The Hall–Kier alpha value is -3.42. The second kappa shape index (κ2) is 6.05. The standard InChI is InChI=1S/C20H20N6O2/c1-24-12-9-21-18(24)17-20(14-5-2-3-6-15(14)23-19(20)28)7-11-26(17)16(27)13-25-10-4-8-22-25/h2-6,8-10,12,17H,7,11,13H2,1H3,(H,23,28)/t17-,20+/m0/s1. The highest BCUT2D eigenvalue weighted by molar-refractivity contribution is 6.07. The van der Waals surface area contributed by atoms with E-state index in [2.05, 4.69) is 15.4 Å². The number of hydrogen-bond acceptors (Lipinski definition) is 4. The number of nitrogens with one attached hydrogen (secondary N) is 1. The van der Waals surface area contributed by atoms with Gasteiger partial charge in [-0.15, -0.1) is 0 Å². The summed E-state index contributed by atoms with van der Waals surface area (Å²) in [5.74, 6) is 0.556. The minimum Gasteiger partial charge on any atom is -0.336 e. The van der Waals surface area contributed by atoms with E-state index in [0.717, 1.165) is 11.3 Å². The number of carbonyl (C=O) groups is 2. The maximum absolute atomic E-state index is 13.3. The number of fused-ring (bicyclic) bond motifs is 2. The summed E-state index contributed by atoms with van der Waals surface area (Å²) in [4.78, 5) is 32.7. The van der Waals surface area contributed by atoms with Gasteiger partial charge in [-0.05, 0) is 24.1 Å². The van der Waals surface area contributed by atoms with Gasteiger partial charge >= 0.3 is 0 Å². The van der Waals surface area contributed by atoms with Crippen LogP contribution in [0.15, 0.2) is 55.1 Å². The van der Waals surface area contributed by atoms with E-state index in [1.165, 1.54) is 0 Å². The van der Waals surface area contributed by atoms with Crippen LogP contribution in [0.5, 0.6) is 0 Å². The van der Waals surface area contributed by atoms with Crippen LogP contribution in [0.3, 0.4) is 0 Å². The third kappa shape index (κ3) is 2.24. The van der Waals surface area contributed by atoms with Gasteiger partial charge in [-0.3, -0.25) is 14.3 Å². The van der Waals surface area contributed by atoms with Gasteiger partial charge in [0.15, 0.2) is 0 Å². The lowest BCUT2D eigenvalue weighted by Gasteiger charge is -2.33. The smallest absolute Gasteiger partial charge is 0.244 e. The fourth-order valence-electron chi connectivity index (χ4n) is 4.58. The number of aryl methyl sites for hydroxylation is 1. The van der Waals surface area contributed by atoms with E-state index in [1.807, 2.05) is 42.1 Å². The molecule has 4 heterocycles. The number of rotatable bonds is 3. The zero-order valence-corrected chi connectivity index (χ0v) is 15.4. The number of aromatic nitrogens is 4. The van der Waals surface area contributed by atoms with Crippen molar-refractivity contribution in [3.05, 3.63) is 66.5 Å². The minimum absolute atomic E-state index is 0.0731. The SMILES string of the molecule is Cn1ccnc1[C@@H]1N(C(=O)Cn2cccn2)CC[C@]12C(=O)Nc1ccccc12. The Morgan fingerprint density at radius 2 is 2.11 bits per heavy atom. The van der Waals surface area contributed by atoms with Crippen LogP contribution in [-0.4, -0.2) is 42.6 Å². The molecule has 2 aliphatic heterocycles. The van der Waals surface area contributed by atoms with Crippen LogP contribution in [-0.2, 0) is 28.6 Å². The second-order valence-electron chi connectivity index (χ2n) is 7.31. The summed E-state index contributed by atoms with van der Waals surface area (Å²) in [6, 6.07) is 9.04. The molecule has 0 radical (unpaired) electrons. The first-order chi connectivity index (χ1) is 13.6. The molecule has 142 valence electrons. The molecule has 8 nitrogen and oxygen atoms in total. The number of para-hydroxylation sites is 1. The number of anilines is 1. The molecule has 1 N–H and O–H groups in total. The molecule has 2 aliphatic rings. The molecule has 2 atom stereocenters. The van der Waals surface area contributed by atoms with Crippen molar-refractivity contribution in [1.82, 2.24) is 24.2 Å². The predicted molar refractivity (Wildman–Crippen MR) is 101 cm³/mol. The molecule has 2 amide bonds. The molecule has 1 aromatic carbocycles. The third-order valence-electron chi connectivity index (χ3n) is 5.87. The van der Waals surface area contributed by atoms with Crippen molar-refractivity contribution in [2.24, 2.45) is 7.05 Å². The van der Waals surface area contributed by atoms with Crippen molar-refractivity contribution in [1.29, 1.82) is 0 Å². The summed E-state index contributed by atoms with van der Waals surface area (Å²) >= 11 is 0. The van der Waals surface area contributed by atoms with Crippen LogP contribution in [0.2, 0.25) is 0 Å². The van der Waals surface area contributed by atoms with Crippen LogP contribution < -0.4 is 5.32 Å². The largest absolute Gasteiger partial charge is 0.336 e. The van der Waals surface area contributed by atoms with Crippen molar-refractivity contribution < 1.29 is 9.59 Å². The molecule has 0 aliphatic carbocycles. The van der Waals surface area contributed by atoms with Gasteiger partial charge in [0.05, 0.1) is 0 Å². The number of nitrogens with zero attached hydrogens (tertiary/aromatic N) is 5. The molecule has 0 bridgehead atoms. The van der Waals surface area contributed by atoms with Crippen molar-refractivity contribution in [2.45, 2.75) is 24.4 Å². The molecule has 1 fully saturated rings. The van der Waals surface area contributed by atoms with E-state index >= 15 is 0 Å². The normalized spacial score (nSPS) is 23.2. The summed E-state index contributed by atoms with van der Waals surface area (Å²) in [5.41, 5.74) is 0.908. The van der Waals surface area contributed by atoms with Gasteiger partial charge < -0.3 is 14.8 Å². The highest BCUT2D eigenvalue weighted by Gasteiger charge is 2.60. The molecule has 0 unspecified atom stereocenters. The average molecular weight is 376 g/mol. The quantitative estimate of drug-likeness (QED) is 0.750. The lowest BCUT2D eigenvalue weighted by atomic mass is 9.74. The third-order valence-corrected chi connectivity index (χ3v) is 5.87. The van der Waals surface area contributed by atoms with E-state index in [1.54, 1.807) is 34.2 Å². The first-order valence-electron chi connectivity index (χ1n) is 9.26. The van der Waals surface area contributed by atoms with Crippen molar-refractivity contribution >= 4 is 17.5 Å². The summed E-state index contributed by atoms with van der Waals surface area (Å²) in [6.07, 6.45) is 7.51. The number of amides is 2. The molecule has 1 spiro atoms. The van der Waals surface area contributed by atoms with Crippen LogP contribution in [0.4, 0.5) is 5.69 Å². The zero-order chi connectivity index (χ0) is 19.3. The molecule has 2 aromatic heterocycles. The molecular weight excluding hydrogens is 356 g/mol. The first kappa shape index (κ1) is 16.7. The molecular formula is C20H20N6O2. The second-order valence-corrected chi connectivity index (χ2v) is 7.31. The summed E-state index contributed by atoms with van der Waals surface area (Å²) in [7, 11) is 1.89. The highest BCUT2D eigenvalue weighted by atomic mass is 16.2. The number of benzene rings is 1. The van der Waals surface area contributed by atoms with Gasteiger partial charge in [0, 0.05) is 44.1 Å². The van der Waals surface area contributed by atoms with Crippen LogP contribution in [0.25, 0.3) is 0 Å². The van der Waals surface area contributed by atoms with Gasteiger partial charge in [0.2, 0.25) is 11.8 Å². The first-order valence-corrected chi connectivity index (χ1v) is 9.26. The topological polar surface area (TPSA) is 85.1 Å². The predicted octanol–water partition coefficient (Wildman–Crippen LogP) is 1.48.